The van der Waals surface area contributed by atoms with E-state index in [4.69, 9.17) is 9.47 Å². The number of rotatable bonds is 11. The second kappa shape index (κ2) is 11.6. The van der Waals surface area contributed by atoms with E-state index in [-0.39, 0.29) is 11.7 Å². The summed E-state index contributed by atoms with van der Waals surface area (Å²) in [6.45, 7) is 2.83. The van der Waals surface area contributed by atoms with Crippen molar-refractivity contribution in [1.82, 2.24) is 10.4 Å². The minimum absolute atomic E-state index is 0.182. The number of benzene rings is 2. The first-order valence-corrected chi connectivity index (χ1v) is 11.6. The van der Waals surface area contributed by atoms with Crippen molar-refractivity contribution in [1.29, 1.82) is 0 Å². The van der Waals surface area contributed by atoms with Gasteiger partial charge in [0.1, 0.15) is 0 Å². The number of carbonyl (C=O) groups excluding carboxylic acids is 1. The average Bonchev–Trinajstić information content (AvgIpc) is 3.19. The number of thioether (sulfide) groups is 1. The Bertz CT molecular complexity index is 971. The van der Waals surface area contributed by atoms with Gasteiger partial charge in [0.05, 0.1) is 35.9 Å². The molecular weight excluding hydrogens is 418 g/mol. The molecule has 1 aromatic heterocycles. The quantitative estimate of drug-likeness (QED) is 0.193. The lowest BCUT2D eigenvalue weighted by Gasteiger charge is -2.11. The predicted octanol–water partition coefficient (Wildman–Crippen LogP) is 5.12. The molecule has 0 aliphatic heterocycles. The van der Waals surface area contributed by atoms with Gasteiger partial charge < -0.3 is 9.47 Å². The van der Waals surface area contributed by atoms with Crippen LogP contribution in [0.4, 0.5) is 0 Å². The van der Waals surface area contributed by atoms with E-state index in [1.54, 1.807) is 24.7 Å². The minimum atomic E-state index is -0.182. The Morgan fingerprint density at radius 1 is 1.23 bits per heavy atom. The summed E-state index contributed by atoms with van der Waals surface area (Å²) in [6, 6.07) is 13.5. The predicted molar refractivity (Wildman–Crippen MR) is 124 cm³/mol. The number of amides is 1. The molecule has 1 N–H and O–H groups in total. The number of nitrogens with zero attached hydrogens (tertiary/aromatic N) is 2. The van der Waals surface area contributed by atoms with Gasteiger partial charge in [-0.3, -0.25) is 4.79 Å². The summed E-state index contributed by atoms with van der Waals surface area (Å²) >= 11 is 2.99. The first-order valence-electron chi connectivity index (χ1n) is 9.80. The molecule has 1 heterocycles. The number of hydrogen-bond acceptors (Lipinski definition) is 7. The van der Waals surface area contributed by atoms with Crippen molar-refractivity contribution in [2.24, 2.45) is 5.10 Å². The molecule has 0 aliphatic rings. The van der Waals surface area contributed by atoms with E-state index >= 15 is 0 Å². The fourth-order valence-electron chi connectivity index (χ4n) is 2.67. The van der Waals surface area contributed by atoms with Crippen LogP contribution in [0.25, 0.3) is 10.2 Å². The van der Waals surface area contributed by atoms with E-state index in [1.807, 2.05) is 42.5 Å². The minimum Gasteiger partial charge on any atom is -0.493 e. The lowest BCUT2D eigenvalue weighted by atomic mass is 10.2. The number of aromatic nitrogens is 1. The van der Waals surface area contributed by atoms with Crippen molar-refractivity contribution in [2.45, 2.75) is 30.5 Å². The highest BCUT2D eigenvalue weighted by Gasteiger charge is 2.08. The van der Waals surface area contributed by atoms with Crippen LogP contribution in [0.15, 0.2) is 51.9 Å². The Labute approximate surface area is 184 Å². The van der Waals surface area contributed by atoms with E-state index in [0.717, 1.165) is 39.4 Å². The smallest absolute Gasteiger partial charge is 0.250 e. The molecule has 0 unspecified atom stereocenters. The number of methoxy groups -OCH3 is 1. The Kier molecular flexibility index (Phi) is 8.53. The molecule has 0 saturated heterocycles. The van der Waals surface area contributed by atoms with Crippen LogP contribution < -0.4 is 14.9 Å². The first-order chi connectivity index (χ1) is 14.7. The largest absolute Gasteiger partial charge is 0.493 e. The Morgan fingerprint density at radius 2 is 2.10 bits per heavy atom. The van der Waals surface area contributed by atoms with Gasteiger partial charge in [-0.25, -0.2) is 10.4 Å². The van der Waals surface area contributed by atoms with Crippen LogP contribution in [0.2, 0.25) is 0 Å². The summed E-state index contributed by atoms with van der Waals surface area (Å²) in [6.07, 6.45) is 4.90. The fraction of sp³-hybridized carbons (Fsp3) is 0.318. The summed E-state index contributed by atoms with van der Waals surface area (Å²) in [5.41, 5.74) is 4.32. The van der Waals surface area contributed by atoms with Crippen LogP contribution in [0.5, 0.6) is 11.5 Å². The molecule has 2 aromatic carbocycles. The van der Waals surface area contributed by atoms with Crippen molar-refractivity contribution in [3.8, 4) is 11.5 Å². The number of ether oxygens (including phenoxy) is 2. The molecule has 0 spiro atoms. The summed E-state index contributed by atoms with van der Waals surface area (Å²) < 4.78 is 13.2. The highest BCUT2D eigenvalue weighted by molar-refractivity contribution is 8.01. The van der Waals surface area contributed by atoms with Gasteiger partial charge in [-0.1, -0.05) is 43.7 Å². The van der Waals surface area contributed by atoms with Crippen LogP contribution >= 0.6 is 23.1 Å². The number of nitrogens with one attached hydrogen (secondary N) is 1. The summed E-state index contributed by atoms with van der Waals surface area (Å²) in [5, 5.41) is 4.04. The molecule has 0 radical (unpaired) electrons. The maximum atomic E-state index is 12.1. The second-order valence-corrected chi connectivity index (χ2v) is 8.75. The van der Waals surface area contributed by atoms with Gasteiger partial charge >= 0.3 is 0 Å². The summed E-state index contributed by atoms with van der Waals surface area (Å²) in [7, 11) is 1.61. The summed E-state index contributed by atoms with van der Waals surface area (Å²) in [5.74, 6) is 1.43. The molecule has 0 atom stereocenters. The molecular formula is C22H25N3O3S2. The van der Waals surface area contributed by atoms with Gasteiger partial charge in [0.2, 0.25) is 0 Å². The van der Waals surface area contributed by atoms with Crippen LogP contribution in [0.1, 0.15) is 31.7 Å². The fourth-order valence-corrected chi connectivity index (χ4v) is 4.53. The monoisotopic (exact) mass is 443 g/mol. The maximum Gasteiger partial charge on any atom is 0.250 e. The SMILES string of the molecule is CCCCCOc1ccc(/C=N\NC(=O)CSc2nc3ccccc3s2)cc1OC. The second-order valence-electron chi connectivity index (χ2n) is 6.50. The number of fused-ring (bicyclic) bond motifs is 1. The molecule has 0 fully saturated rings. The molecule has 30 heavy (non-hydrogen) atoms. The third-order valence-electron chi connectivity index (χ3n) is 4.20. The summed E-state index contributed by atoms with van der Waals surface area (Å²) in [4.78, 5) is 16.6. The Balaban J connectivity index is 1.48. The van der Waals surface area contributed by atoms with Gasteiger partial charge in [0.15, 0.2) is 15.8 Å². The molecule has 3 rings (SSSR count). The number of unbranched alkanes of at least 4 members (excludes halogenated alkanes) is 2. The highest BCUT2D eigenvalue weighted by Crippen LogP contribution is 2.29. The van der Waals surface area contributed by atoms with Crippen molar-refractivity contribution < 1.29 is 14.3 Å². The molecule has 0 aliphatic carbocycles. The van der Waals surface area contributed by atoms with E-state index in [1.165, 1.54) is 11.8 Å². The lowest BCUT2D eigenvalue weighted by molar-refractivity contribution is -0.118. The van der Waals surface area contributed by atoms with Crippen LogP contribution in [0.3, 0.4) is 0 Å². The molecule has 6 nitrogen and oxygen atoms in total. The van der Waals surface area contributed by atoms with Gasteiger partial charge in [-0.2, -0.15) is 5.10 Å². The van der Waals surface area contributed by atoms with Gasteiger partial charge in [-0.05, 0) is 42.3 Å². The first kappa shape index (κ1) is 22.1. The van der Waals surface area contributed by atoms with E-state index < -0.39 is 0 Å². The van der Waals surface area contributed by atoms with Gasteiger partial charge in [0, 0.05) is 0 Å². The number of thiazole rings is 1. The van der Waals surface area contributed by atoms with Crippen LogP contribution in [-0.2, 0) is 4.79 Å². The Hall–Kier alpha value is -2.58. The zero-order chi connectivity index (χ0) is 21.2. The molecule has 3 aromatic rings. The van der Waals surface area contributed by atoms with Crippen molar-refractivity contribution in [3.05, 3.63) is 48.0 Å². The topological polar surface area (TPSA) is 72.8 Å². The van der Waals surface area contributed by atoms with E-state index in [9.17, 15) is 4.79 Å². The number of carbonyl (C=O) groups is 1. The third kappa shape index (κ3) is 6.47. The molecule has 8 heteroatoms. The van der Waals surface area contributed by atoms with E-state index in [0.29, 0.717) is 18.1 Å². The van der Waals surface area contributed by atoms with Crippen LogP contribution in [-0.4, -0.2) is 36.6 Å². The molecule has 158 valence electrons. The number of hydrazone groups is 1. The van der Waals surface area contributed by atoms with E-state index in [2.05, 4.69) is 22.4 Å². The standard InChI is InChI=1S/C22H25N3O3S2/c1-3-4-7-12-28-18-11-10-16(13-19(18)27-2)14-23-25-21(26)15-29-22-24-17-8-5-6-9-20(17)30-22/h5-6,8-11,13-14H,3-4,7,12,15H2,1-2H3,(H,25,26)/b23-14-. The van der Waals surface area contributed by atoms with Crippen molar-refractivity contribution >= 4 is 45.4 Å². The zero-order valence-corrected chi connectivity index (χ0v) is 18.7. The normalized spacial score (nSPS) is 11.1. The highest BCUT2D eigenvalue weighted by atomic mass is 32.2. The van der Waals surface area contributed by atoms with Gasteiger partial charge in [-0.15, -0.1) is 11.3 Å². The molecule has 0 saturated carbocycles. The maximum absolute atomic E-state index is 12.1. The number of para-hydroxylation sites is 1. The van der Waals surface area contributed by atoms with Gasteiger partial charge in [0.25, 0.3) is 5.91 Å². The van der Waals surface area contributed by atoms with Crippen molar-refractivity contribution in [2.75, 3.05) is 19.5 Å². The molecule has 1 amide bonds. The molecule has 0 bridgehead atoms. The lowest BCUT2D eigenvalue weighted by Crippen LogP contribution is -2.19. The van der Waals surface area contributed by atoms with Crippen LogP contribution in [0, 0.1) is 0 Å². The average molecular weight is 444 g/mol. The number of hydrogen-bond donors (Lipinski definition) is 1. The van der Waals surface area contributed by atoms with Crippen molar-refractivity contribution in [3.63, 3.8) is 0 Å². The third-order valence-corrected chi connectivity index (χ3v) is 6.38. The Morgan fingerprint density at radius 3 is 2.90 bits per heavy atom. The zero-order valence-electron chi connectivity index (χ0n) is 17.1.